The van der Waals surface area contributed by atoms with Crippen molar-refractivity contribution in [2.75, 3.05) is 0 Å². The zero-order chi connectivity index (χ0) is 15.8. The molecule has 0 aliphatic heterocycles. The van der Waals surface area contributed by atoms with Crippen LogP contribution in [0.1, 0.15) is 6.92 Å². The average Bonchev–Trinajstić information content (AvgIpc) is 1.99. The van der Waals surface area contributed by atoms with Gasteiger partial charge in [-0.1, -0.05) is 6.08 Å². The van der Waals surface area contributed by atoms with Gasteiger partial charge < -0.3 is 42.1 Å². The number of hydrogen-bond donors (Lipinski definition) is 8. The summed E-state index contributed by atoms with van der Waals surface area (Å²) in [5.74, 6) is 0. The maximum Gasteiger partial charge on any atom is 0.668 e. The fraction of sp³-hybridized carbons (Fsp3) is 0.167. The Kier molecular flexibility index (Phi) is 24.2. The quantitative estimate of drug-likeness (QED) is 0.136. The number of aldehydes is 1. The highest BCUT2D eigenvalue weighted by Gasteiger charge is 2.22. The molecule has 0 aromatic rings. The van der Waals surface area contributed by atoms with Crippen LogP contribution in [0.5, 0.6) is 0 Å². The van der Waals surface area contributed by atoms with Gasteiger partial charge in [-0.2, -0.15) is 0 Å². The van der Waals surface area contributed by atoms with Crippen molar-refractivity contribution in [2.45, 2.75) is 6.92 Å². The lowest BCUT2D eigenvalue weighted by Gasteiger charge is -1.91. The van der Waals surface area contributed by atoms with E-state index in [4.69, 9.17) is 28.8 Å². The Balaban J connectivity index is -0.0000000731. The summed E-state index contributed by atoms with van der Waals surface area (Å²) in [6.07, 6.45) is 3.88. The maximum atomic E-state index is 9.32. The van der Waals surface area contributed by atoms with Crippen molar-refractivity contribution in [3.63, 3.8) is 0 Å². The molecule has 0 bridgehead atoms. The molecule has 0 saturated carbocycles. The minimum atomic E-state index is -4.61. The summed E-state index contributed by atoms with van der Waals surface area (Å²) >= 11 is 0. The number of primary amides is 4. The number of carbonyl (C=O) groups is 3. The topological polar surface area (TPSA) is 236 Å². The molecule has 0 unspecified atom stereocenters. The number of amides is 4. The van der Waals surface area contributed by atoms with Gasteiger partial charge in [-0.05, 0) is 13.0 Å². The highest BCUT2D eigenvalue weighted by molar-refractivity contribution is 6.46. The molecular formula is C6H18N4O7Si. The minimum Gasteiger partial charge on any atom is -0.368 e. The van der Waals surface area contributed by atoms with E-state index in [-0.39, 0.29) is 0 Å². The van der Waals surface area contributed by atoms with Gasteiger partial charge in [0.2, 0.25) is 0 Å². The van der Waals surface area contributed by atoms with Gasteiger partial charge in [0.1, 0.15) is 6.29 Å². The summed E-state index contributed by atoms with van der Waals surface area (Å²) in [5.41, 5.74) is 17.0. The highest BCUT2D eigenvalue weighted by Crippen LogP contribution is 1.67. The molecule has 4 amide bonds. The van der Waals surface area contributed by atoms with E-state index in [2.05, 4.69) is 22.9 Å². The van der Waals surface area contributed by atoms with Gasteiger partial charge in [-0.25, -0.2) is 9.59 Å². The lowest BCUT2D eigenvalue weighted by molar-refractivity contribution is -0.104. The van der Waals surface area contributed by atoms with E-state index in [9.17, 15) is 4.79 Å². The summed E-state index contributed by atoms with van der Waals surface area (Å²) in [6.45, 7) is 1.80. The van der Waals surface area contributed by atoms with Crippen LogP contribution in [0.3, 0.4) is 0 Å². The molecule has 12 heteroatoms. The van der Waals surface area contributed by atoms with E-state index < -0.39 is 21.1 Å². The van der Waals surface area contributed by atoms with Crippen molar-refractivity contribution in [1.29, 1.82) is 0 Å². The predicted octanol–water partition coefficient (Wildman–Crippen LogP) is -3.80. The molecule has 0 atom stereocenters. The van der Waals surface area contributed by atoms with Crippen LogP contribution in [-0.4, -0.2) is 46.6 Å². The Labute approximate surface area is 104 Å². The molecule has 0 aliphatic carbocycles. The molecule has 0 fully saturated rings. The van der Waals surface area contributed by atoms with Crippen LogP contribution in [0.25, 0.3) is 0 Å². The smallest absolute Gasteiger partial charge is 0.368 e. The van der Waals surface area contributed by atoms with E-state index in [0.29, 0.717) is 0 Å². The largest absolute Gasteiger partial charge is 0.668 e. The fourth-order valence-electron chi connectivity index (χ4n) is 0.0786. The van der Waals surface area contributed by atoms with Gasteiger partial charge >= 0.3 is 21.1 Å². The molecule has 0 heterocycles. The molecular weight excluding hydrogens is 268 g/mol. The van der Waals surface area contributed by atoms with Crippen LogP contribution in [0.15, 0.2) is 12.2 Å². The number of rotatable bonds is 1. The second-order valence-corrected chi connectivity index (χ2v) is 3.27. The van der Waals surface area contributed by atoms with Crippen molar-refractivity contribution >= 4 is 27.4 Å². The summed E-state index contributed by atoms with van der Waals surface area (Å²) < 4.78 is 0. The van der Waals surface area contributed by atoms with Gasteiger partial charge in [0.05, 0.1) is 0 Å². The summed E-state index contributed by atoms with van der Waals surface area (Å²) in [4.78, 5) is 56.6. The lowest BCUT2D eigenvalue weighted by atomic mass is 10.6. The van der Waals surface area contributed by atoms with E-state index in [1.807, 2.05) is 0 Å². The van der Waals surface area contributed by atoms with Crippen LogP contribution >= 0.6 is 0 Å². The first-order valence-corrected chi connectivity index (χ1v) is 5.73. The number of urea groups is 2. The van der Waals surface area contributed by atoms with E-state index in [0.717, 1.165) is 6.29 Å². The number of carbonyl (C=O) groups excluding carboxylic acids is 3. The summed E-state index contributed by atoms with van der Waals surface area (Å²) in [5, 5.41) is 0. The van der Waals surface area contributed by atoms with Gasteiger partial charge in [-0.3, -0.25) is 4.79 Å². The monoisotopic (exact) mass is 286 g/mol. The molecule has 0 rings (SSSR count). The molecule has 18 heavy (non-hydrogen) atoms. The first kappa shape index (κ1) is 25.0. The van der Waals surface area contributed by atoms with Gasteiger partial charge in [-0.15, -0.1) is 0 Å². The van der Waals surface area contributed by atoms with Crippen LogP contribution in [0, 0.1) is 0 Å². The van der Waals surface area contributed by atoms with Crippen molar-refractivity contribution in [3.8, 4) is 0 Å². The third-order valence-electron chi connectivity index (χ3n) is 0.271. The van der Waals surface area contributed by atoms with Crippen LogP contribution in [-0.2, 0) is 4.79 Å². The van der Waals surface area contributed by atoms with Crippen molar-refractivity contribution in [2.24, 2.45) is 22.9 Å². The fourth-order valence-corrected chi connectivity index (χ4v) is 0.0786. The Morgan fingerprint density at radius 3 is 1.11 bits per heavy atom. The number of allylic oxidation sites excluding steroid dienone is 2. The van der Waals surface area contributed by atoms with Crippen LogP contribution < -0.4 is 22.9 Å². The molecule has 0 aliphatic rings. The molecule has 0 radical (unpaired) electrons. The van der Waals surface area contributed by atoms with Gasteiger partial charge in [0.15, 0.2) is 0 Å². The van der Waals surface area contributed by atoms with Gasteiger partial charge in [0, 0.05) is 0 Å². The normalized spacial score (nSPS) is 8.50. The Morgan fingerprint density at radius 2 is 1.11 bits per heavy atom. The third kappa shape index (κ3) is 50000000. The second kappa shape index (κ2) is 17.4. The van der Waals surface area contributed by atoms with Crippen molar-refractivity contribution < 1.29 is 33.6 Å². The Morgan fingerprint density at radius 1 is 0.944 bits per heavy atom. The number of nitrogens with two attached hydrogens (primary N) is 4. The third-order valence-corrected chi connectivity index (χ3v) is 0.271. The Hall–Kier alpha value is -1.99. The van der Waals surface area contributed by atoms with E-state index in [1.165, 1.54) is 6.08 Å². The minimum absolute atomic E-state index is 0.750. The first-order valence-electron chi connectivity index (χ1n) is 3.94. The number of hydrogen-bond acceptors (Lipinski definition) is 7. The maximum absolute atomic E-state index is 9.32. The Bertz CT molecular complexity index is 227. The highest BCUT2D eigenvalue weighted by atomic mass is 28.4. The molecule has 0 spiro atoms. The SMILES string of the molecule is CC=CC=O.NC(N)=O.NC(N)=O.O[Si](O)(O)O. The molecule has 0 aromatic heterocycles. The van der Waals surface area contributed by atoms with Crippen LogP contribution in [0.4, 0.5) is 9.59 Å². The molecule has 108 valence electrons. The zero-order valence-electron chi connectivity index (χ0n) is 9.56. The van der Waals surface area contributed by atoms with E-state index >= 15 is 0 Å². The molecule has 0 aromatic carbocycles. The summed E-state index contributed by atoms with van der Waals surface area (Å²) in [7, 11) is -4.61. The van der Waals surface area contributed by atoms with E-state index in [1.54, 1.807) is 13.0 Å². The van der Waals surface area contributed by atoms with Gasteiger partial charge in [0.25, 0.3) is 0 Å². The molecule has 12 N–H and O–H groups in total. The van der Waals surface area contributed by atoms with Crippen molar-refractivity contribution in [3.05, 3.63) is 12.2 Å². The summed E-state index contributed by atoms with van der Waals surface area (Å²) in [6, 6.07) is -1.67. The van der Waals surface area contributed by atoms with Crippen LogP contribution in [0.2, 0.25) is 0 Å². The lowest BCUT2D eigenvalue weighted by Crippen LogP contribution is -2.33. The average molecular weight is 286 g/mol. The van der Waals surface area contributed by atoms with Crippen molar-refractivity contribution in [1.82, 2.24) is 0 Å². The second-order valence-electron chi connectivity index (χ2n) is 2.07. The predicted molar refractivity (Wildman–Crippen MR) is 63.0 cm³/mol. The molecule has 0 saturated heterocycles. The first-order chi connectivity index (χ1) is 7.88. The standard InChI is InChI=1S/C4H6O.2CH4N2O.H4O4Si/c1-2-3-4-5;2*2-1(3)4;1-5(2,3)4/h2-4H,1H3;2*(H4,2,3,4);1-4H. The zero-order valence-corrected chi connectivity index (χ0v) is 10.6. The molecule has 11 nitrogen and oxygen atoms in total.